The van der Waals surface area contributed by atoms with Crippen LogP contribution in [0.3, 0.4) is 0 Å². The number of hydrogen-bond donors (Lipinski definition) is 0. The summed E-state index contributed by atoms with van der Waals surface area (Å²) in [6.07, 6.45) is 5.94. The van der Waals surface area contributed by atoms with Crippen LogP contribution in [0.4, 0.5) is 5.69 Å². The minimum atomic E-state index is -0.397. The van der Waals surface area contributed by atoms with E-state index in [0.717, 1.165) is 12.8 Å². The van der Waals surface area contributed by atoms with Gasteiger partial charge in [-0.3, -0.25) is 10.1 Å². The fourth-order valence-corrected chi connectivity index (χ4v) is 3.52. The zero-order chi connectivity index (χ0) is 13.0. The number of nitrogens with zero attached hydrogens (tertiary/aromatic N) is 2. The number of nitro benzene ring substituents is 1. The van der Waals surface area contributed by atoms with Crippen LogP contribution in [0.25, 0.3) is 0 Å². The number of rotatable bonds is 3. The molecule has 0 aromatic heterocycles. The average molecular weight is 262 g/mol. The Morgan fingerprint density at radius 2 is 2.06 bits per heavy atom. The molecule has 2 rings (SSSR count). The van der Waals surface area contributed by atoms with Gasteiger partial charge in [0.15, 0.2) is 0 Å². The third-order valence-corrected chi connectivity index (χ3v) is 4.53. The van der Waals surface area contributed by atoms with Crippen LogP contribution >= 0.6 is 11.8 Å². The molecule has 0 spiro atoms. The van der Waals surface area contributed by atoms with Crippen molar-refractivity contribution in [2.75, 3.05) is 0 Å². The van der Waals surface area contributed by atoms with Gasteiger partial charge in [-0.05, 0) is 25.0 Å². The molecule has 0 bridgehead atoms. The van der Waals surface area contributed by atoms with Crippen molar-refractivity contribution in [2.24, 2.45) is 0 Å². The Morgan fingerprint density at radius 3 is 2.67 bits per heavy atom. The molecule has 0 heterocycles. The summed E-state index contributed by atoms with van der Waals surface area (Å²) in [7, 11) is 0. The van der Waals surface area contributed by atoms with E-state index in [1.807, 2.05) is 6.07 Å². The van der Waals surface area contributed by atoms with Gasteiger partial charge < -0.3 is 0 Å². The lowest BCUT2D eigenvalue weighted by atomic mass is 10.0. The van der Waals surface area contributed by atoms with E-state index in [0.29, 0.717) is 15.7 Å². The maximum absolute atomic E-state index is 11.0. The van der Waals surface area contributed by atoms with Crippen LogP contribution in [0, 0.1) is 21.4 Å². The molecule has 0 aliphatic heterocycles. The van der Waals surface area contributed by atoms with Crippen molar-refractivity contribution in [2.45, 2.75) is 42.2 Å². The Kier molecular flexibility index (Phi) is 4.21. The molecule has 0 saturated heterocycles. The number of hydrogen-bond acceptors (Lipinski definition) is 4. The average Bonchev–Trinajstić information content (AvgIpc) is 2.40. The number of nitriles is 1. The fourth-order valence-electron chi connectivity index (χ4n) is 2.19. The highest BCUT2D eigenvalue weighted by Gasteiger charge is 2.21. The molecule has 1 aromatic carbocycles. The van der Waals surface area contributed by atoms with Gasteiger partial charge >= 0.3 is 0 Å². The first-order valence-electron chi connectivity index (χ1n) is 6.06. The molecule has 0 unspecified atom stereocenters. The Balaban J connectivity index is 2.21. The number of nitro groups is 1. The number of benzene rings is 1. The largest absolute Gasteiger partial charge is 0.284 e. The summed E-state index contributed by atoms with van der Waals surface area (Å²) in [5.41, 5.74) is 0.402. The fraction of sp³-hybridized carbons (Fsp3) is 0.462. The molecular weight excluding hydrogens is 248 g/mol. The van der Waals surface area contributed by atoms with E-state index in [4.69, 9.17) is 5.26 Å². The summed E-state index contributed by atoms with van der Waals surface area (Å²) in [6, 6.07) is 6.66. The predicted molar refractivity (Wildman–Crippen MR) is 70.5 cm³/mol. The second kappa shape index (κ2) is 5.87. The van der Waals surface area contributed by atoms with Gasteiger partial charge in [0.05, 0.1) is 21.5 Å². The highest BCUT2D eigenvalue weighted by atomic mass is 32.2. The molecule has 0 radical (unpaired) electrons. The summed E-state index contributed by atoms with van der Waals surface area (Å²) < 4.78 is 0. The molecule has 1 saturated carbocycles. The molecule has 4 nitrogen and oxygen atoms in total. The lowest BCUT2D eigenvalue weighted by Gasteiger charge is -2.20. The molecule has 0 atom stereocenters. The van der Waals surface area contributed by atoms with Crippen molar-refractivity contribution in [1.82, 2.24) is 0 Å². The molecular formula is C13H14N2O2S. The van der Waals surface area contributed by atoms with Gasteiger partial charge in [0, 0.05) is 11.3 Å². The monoisotopic (exact) mass is 262 g/mol. The van der Waals surface area contributed by atoms with E-state index < -0.39 is 4.92 Å². The quantitative estimate of drug-likeness (QED) is 0.612. The van der Waals surface area contributed by atoms with Gasteiger partial charge in [-0.15, -0.1) is 11.8 Å². The third kappa shape index (κ3) is 3.02. The molecule has 5 heteroatoms. The first-order chi connectivity index (χ1) is 8.70. The van der Waals surface area contributed by atoms with Gasteiger partial charge in [-0.1, -0.05) is 19.3 Å². The topological polar surface area (TPSA) is 66.9 Å². The summed E-state index contributed by atoms with van der Waals surface area (Å²) in [6.45, 7) is 0. The third-order valence-electron chi connectivity index (χ3n) is 3.13. The van der Waals surface area contributed by atoms with Crippen molar-refractivity contribution in [3.05, 3.63) is 33.9 Å². The minimum Gasteiger partial charge on any atom is -0.258 e. The van der Waals surface area contributed by atoms with Gasteiger partial charge in [0.2, 0.25) is 0 Å². The van der Waals surface area contributed by atoms with E-state index in [2.05, 4.69) is 0 Å². The van der Waals surface area contributed by atoms with Crippen LogP contribution in [0.2, 0.25) is 0 Å². The molecule has 1 fully saturated rings. The first-order valence-corrected chi connectivity index (χ1v) is 6.94. The Labute approximate surface area is 110 Å². The van der Waals surface area contributed by atoms with Crippen LogP contribution in [-0.4, -0.2) is 10.2 Å². The summed E-state index contributed by atoms with van der Waals surface area (Å²) in [5, 5.41) is 20.3. The Hall–Kier alpha value is -1.54. The summed E-state index contributed by atoms with van der Waals surface area (Å²) >= 11 is 1.59. The van der Waals surface area contributed by atoms with Crippen molar-refractivity contribution in [1.29, 1.82) is 5.26 Å². The zero-order valence-corrected chi connectivity index (χ0v) is 10.8. The van der Waals surface area contributed by atoms with E-state index in [-0.39, 0.29) is 5.69 Å². The van der Waals surface area contributed by atoms with Crippen LogP contribution in [0.1, 0.15) is 37.7 Å². The Morgan fingerprint density at radius 1 is 1.33 bits per heavy atom. The smallest absolute Gasteiger partial charge is 0.258 e. The Bertz CT molecular complexity index is 490. The predicted octanol–water partition coefficient (Wildman–Crippen LogP) is 3.89. The lowest BCUT2D eigenvalue weighted by molar-refractivity contribution is -0.387. The van der Waals surface area contributed by atoms with Crippen LogP contribution in [-0.2, 0) is 0 Å². The second-order valence-electron chi connectivity index (χ2n) is 4.43. The van der Waals surface area contributed by atoms with E-state index in [9.17, 15) is 10.1 Å². The zero-order valence-electron chi connectivity index (χ0n) is 9.96. The van der Waals surface area contributed by atoms with Gasteiger partial charge in [-0.25, -0.2) is 0 Å². The summed E-state index contributed by atoms with van der Waals surface area (Å²) in [5.74, 6) is 0. The number of thioether (sulfide) groups is 1. The normalized spacial score (nSPS) is 16.2. The lowest BCUT2D eigenvalue weighted by Crippen LogP contribution is -2.08. The van der Waals surface area contributed by atoms with Crippen LogP contribution in [0.5, 0.6) is 0 Å². The maximum Gasteiger partial charge on any atom is 0.284 e. The SMILES string of the molecule is N#Cc1ccc(SC2CCCCC2)c([N+](=O)[O-])c1. The first kappa shape index (κ1) is 12.9. The van der Waals surface area contributed by atoms with Gasteiger partial charge in [0.25, 0.3) is 5.69 Å². The molecule has 0 amide bonds. The highest BCUT2D eigenvalue weighted by molar-refractivity contribution is 8.00. The van der Waals surface area contributed by atoms with Crippen molar-refractivity contribution >= 4 is 17.4 Å². The molecule has 94 valence electrons. The highest BCUT2D eigenvalue weighted by Crippen LogP contribution is 2.38. The van der Waals surface area contributed by atoms with E-state index in [1.54, 1.807) is 23.9 Å². The van der Waals surface area contributed by atoms with Crippen molar-refractivity contribution in [3.8, 4) is 6.07 Å². The molecule has 1 aliphatic rings. The molecule has 1 aromatic rings. The minimum absolute atomic E-state index is 0.0598. The van der Waals surface area contributed by atoms with Gasteiger partial charge in [-0.2, -0.15) is 5.26 Å². The molecule has 1 aliphatic carbocycles. The van der Waals surface area contributed by atoms with Crippen molar-refractivity contribution < 1.29 is 4.92 Å². The van der Waals surface area contributed by atoms with E-state index >= 15 is 0 Å². The molecule has 0 N–H and O–H groups in total. The van der Waals surface area contributed by atoms with Gasteiger partial charge in [0.1, 0.15) is 0 Å². The molecule has 18 heavy (non-hydrogen) atoms. The van der Waals surface area contributed by atoms with Crippen LogP contribution < -0.4 is 0 Å². The van der Waals surface area contributed by atoms with Crippen LogP contribution in [0.15, 0.2) is 23.1 Å². The van der Waals surface area contributed by atoms with E-state index in [1.165, 1.54) is 25.3 Å². The maximum atomic E-state index is 11.0. The standard InChI is InChI=1S/C13H14N2O2S/c14-9-10-6-7-13(12(8-10)15(16)17)18-11-4-2-1-3-5-11/h6-8,11H,1-5H2. The van der Waals surface area contributed by atoms with Crippen molar-refractivity contribution in [3.63, 3.8) is 0 Å². The second-order valence-corrected chi connectivity index (χ2v) is 5.77. The summed E-state index contributed by atoms with van der Waals surface area (Å²) in [4.78, 5) is 11.3.